The molecule has 2 saturated carbocycles. The molecule has 6 atom stereocenters. The van der Waals surface area contributed by atoms with Gasteiger partial charge in [0.25, 0.3) is 0 Å². The summed E-state index contributed by atoms with van der Waals surface area (Å²) in [5.41, 5.74) is 2.93. The van der Waals surface area contributed by atoms with Crippen LogP contribution in [0.1, 0.15) is 62.5 Å². The van der Waals surface area contributed by atoms with E-state index in [1.165, 1.54) is 30.5 Å². The fourth-order valence-electron chi connectivity index (χ4n) is 9.41. The number of amides is 2. The Hall–Kier alpha value is -2.28. The first-order chi connectivity index (χ1) is 17.1. The van der Waals surface area contributed by atoms with Gasteiger partial charge >= 0.3 is 0 Å². The van der Waals surface area contributed by atoms with E-state index in [1.54, 1.807) is 7.11 Å². The van der Waals surface area contributed by atoms with Crippen molar-refractivity contribution in [2.45, 2.75) is 87.4 Å². The Labute approximate surface area is 206 Å². The normalized spacial score (nSPS) is 40.7. The van der Waals surface area contributed by atoms with Crippen LogP contribution in [0.4, 0.5) is 0 Å². The highest BCUT2D eigenvalue weighted by Crippen LogP contribution is 2.71. The first kappa shape index (κ1) is 20.9. The summed E-state index contributed by atoms with van der Waals surface area (Å²) < 4.78 is 12.8. The molecule has 4 bridgehead atoms. The summed E-state index contributed by atoms with van der Waals surface area (Å²) in [6.07, 6.45) is 9.13. The standard InChI is InChI=1S/C28H35N3O4/c1-34-20-6-4-17-14-21-27-9-8-19(31(13-10-27)26(33)18-5-7-22(32)29-18)25-28(27,23(17)24(20)35-25)11-12-30(21)15-16-2-3-16/h4,6,16,18-19,21,25H,2-3,5,7-15H2,1H3,(H,29,32)/t18-,19+,21+,25-,27+,28-/m0/s1. The van der Waals surface area contributed by atoms with Crippen LogP contribution in [0.5, 0.6) is 11.5 Å². The number of fused-ring (bicyclic) bond motifs is 3. The molecular formula is C28H35N3O4. The number of nitrogens with one attached hydrogen (secondary N) is 1. The second-order valence-corrected chi connectivity index (χ2v) is 12.3. The predicted molar refractivity (Wildman–Crippen MR) is 128 cm³/mol. The molecule has 6 fully saturated rings. The molecule has 7 nitrogen and oxygen atoms in total. The van der Waals surface area contributed by atoms with Gasteiger partial charge in [-0.05, 0) is 75.5 Å². The van der Waals surface area contributed by atoms with Crippen LogP contribution >= 0.6 is 0 Å². The Morgan fingerprint density at radius 3 is 2.83 bits per heavy atom. The Bertz CT molecular complexity index is 1130. The molecule has 1 aromatic carbocycles. The monoisotopic (exact) mass is 477 g/mol. The van der Waals surface area contributed by atoms with Crippen molar-refractivity contribution in [3.63, 3.8) is 0 Å². The topological polar surface area (TPSA) is 71.1 Å². The maximum absolute atomic E-state index is 13.8. The second-order valence-electron chi connectivity index (χ2n) is 12.3. The van der Waals surface area contributed by atoms with Crippen LogP contribution in [0.2, 0.25) is 0 Å². The highest BCUT2D eigenvalue weighted by atomic mass is 16.5. The zero-order chi connectivity index (χ0) is 23.5. The number of ether oxygens (including phenoxy) is 2. The fraction of sp³-hybridized carbons (Fsp3) is 0.714. The average Bonchev–Trinajstić information content (AvgIpc) is 3.54. The fourth-order valence-corrected chi connectivity index (χ4v) is 9.41. The van der Waals surface area contributed by atoms with Crippen LogP contribution < -0.4 is 14.8 Å². The quantitative estimate of drug-likeness (QED) is 0.721. The van der Waals surface area contributed by atoms with Gasteiger partial charge in [-0.2, -0.15) is 0 Å². The van der Waals surface area contributed by atoms with Crippen LogP contribution in [0.3, 0.4) is 0 Å². The van der Waals surface area contributed by atoms with Crippen molar-refractivity contribution < 1.29 is 19.1 Å². The van der Waals surface area contributed by atoms with Crippen LogP contribution in [-0.2, 0) is 21.4 Å². The van der Waals surface area contributed by atoms with E-state index in [0.717, 1.165) is 62.6 Å². The van der Waals surface area contributed by atoms with E-state index in [9.17, 15) is 9.59 Å². The van der Waals surface area contributed by atoms with E-state index in [4.69, 9.17) is 9.47 Å². The van der Waals surface area contributed by atoms with Crippen molar-refractivity contribution in [1.29, 1.82) is 0 Å². The van der Waals surface area contributed by atoms with Crippen molar-refractivity contribution in [2.24, 2.45) is 11.3 Å². The third-order valence-electron chi connectivity index (χ3n) is 11.0. The maximum atomic E-state index is 13.8. The lowest BCUT2D eigenvalue weighted by molar-refractivity contribution is -0.146. The van der Waals surface area contributed by atoms with E-state index in [1.807, 2.05) is 0 Å². The molecule has 2 spiro atoms. The lowest BCUT2D eigenvalue weighted by atomic mass is 9.42. The summed E-state index contributed by atoms with van der Waals surface area (Å²) in [5.74, 6) is 2.75. The third kappa shape index (κ3) is 2.51. The van der Waals surface area contributed by atoms with Gasteiger partial charge in [-0.1, -0.05) is 6.07 Å². The molecule has 3 aliphatic carbocycles. The van der Waals surface area contributed by atoms with Gasteiger partial charge < -0.3 is 19.7 Å². The number of methoxy groups -OCH3 is 1. The van der Waals surface area contributed by atoms with Crippen molar-refractivity contribution in [1.82, 2.24) is 15.1 Å². The number of hydrogen-bond donors (Lipinski definition) is 1. The van der Waals surface area contributed by atoms with Gasteiger partial charge in [0.05, 0.1) is 13.2 Å². The van der Waals surface area contributed by atoms with Gasteiger partial charge in [0, 0.05) is 41.9 Å². The number of hydrogen-bond acceptors (Lipinski definition) is 5. The summed E-state index contributed by atoms with van der Waals surface area (Å²) in [6.45, 7) is 3.13. The van der Waals surface area contributed by atoms with Gasteiger partial charge in [0.2, 0.25) is 11.8 Å². The Balaban J connectivity index is 1.27. The molecule has 5 heterocycles. The average molecular weight is 478 g/mol. The first-order valence-corrected chi connectivity index (χ1v) is 13.8. The second kappa shape index (κ2) is 6.93. The molecule has 0 radical (unpaired) electrons. The number of carbonyl (C=O) groups is 2. The Kier molecular flexibility index (Phi) is 4.13. The van der Waals surface area contributed by atoms with E-state index < -0.39 is 0 Å². The lowest BCUT2D eigenvalue weighted by Gasteiger charge is -2.66. The van der Waals surface area contributed by atoms with Gasteiger partial charge in [0.15, 0.2) is 11.5 Å². The molecule has 0 aromatic heterocycles. The highest BCUT2D eigenvalue weighted by molar-refractivity contribution is 5.91. The molecule has 9 rings (SSSR count). The number of nitrogens with zero attached hydrogens (tertiary/aromatic N) is 2. The summed E-state index contributed by atoms with van der Waals surface area (Å²) in [4.78, 5) is 30.7. The summed E-state index contributed by atoms with van der Waals surface area (Å²) >= 11 is 0. The molecule has 186 valence electrons. The van der Waals surface area contributed by atoms with Gasteiger partial charge in [-0.3, -0.25) is 14.5 Å². The lowest BCUT2D eigenvalue weighted by Crippen LogP contribution is -2.73. The first-order valence-electron chi connectivity index (χ1n) is 13.8. The molecule has 0 unspecified atom stereocenters. The van der Waals surface area contributed by atoms with Gasteiger partial charge in [-0.15, -0.1) is 0 Å². The minimum Gasteiger partial charge on any atom is -0.493 e. The molecule has 5 aliphatic heterocycles. The smallest absolute Gasteiger partial charge is 0.245 e. The maximum Gasteiger partial charge on any atom is 0.245 e. The van der Waals surface area contributed by atoms with E-state index >= 15 is 0 Å². The van der Waals surface area contributed by atoms with E-state index in [0.29, 0.717) is 18.9 Å². The molecule has 1 aromatic rings. The SMILES string of the molecule is COc1ccc2c3c1O[C@H]1[C@H]4CC[C@@]5(CCN4C(=O)[C@@H]4CCC(=O)N4)[C@@H](C2)N(CC2CC2)CC[C@]315. The van der Waals surface area contributed by atoms with E-state index in [2.05, 4.69) is 27.2 Å². The molecule has 1 N–H and O–H groups in total. The zero-order valence-corrected chi connectivity index (χ0v) is 20.6. The largest absolute Gasteiger partial charge is 0.493 e. The number of rotatable bonds is 4. The van der Waals surface area contributed by atoms with Gasteiger partial charge in [-0.25, -0.2) is 0 Å². The highest BCUT2D eigenvalue weighted by Gasteiger charge is 2.74. The number of carbonyl (C=O) groups excluding carboxylic acids is 2. The molecule has 8 aliphatic rings. The Morgan fingerprint density at radius 2 is 2.06 bits per heavy atom. The molecule has 2 amide bonds. The van der Waals surface area contributed by atoms with Crippen LogP contribution in [0, 0.1) is 11.3 Å². The summed E-state index contributed by atoms with van der Waals surface area (Å²) in [6, 6.07) is 4.57. The third-order valence-corrected chi connectivity index (χ3v) is 11.0. The van der Waals surface area contributed by atoms with Crippen molar-refractivity contribution in [3.8, 4) is 11.5 Å². The zero-order valence-electron chi connectivity index (χ0n) is 20.6. The van der Waals surface area contributed by atoms with Gasteiger partial charge in [0.1, 0.15) is 12.1 Å². The molecular weight excluding hydrogens is 442 g/mol. The minimum atomic E-state index is -0.378. The van der Waals surface area contributed by atoms with E-state index in [-0.39, 0.29) is 40.8 Å². The number of piperidine rings is 1. The number of likely N-dealkylation sites (tertiary alicyclic amines) is 1. The molecule has 4 saturated heterocycles. The summed E-state index contributed by atoms with van der Waals surface area (Å²) in [5, 5.41) is 2.94. The van der Waals surface area contributed by atoms with Crippen LogP contribution in [-0.4, -0.2) is 72.6 Å². The number of benzene rings is 1. The Morgan fingerprint density at radius 1 is 1.17 bits per heavy atom. The van der Waals surface area contributed by atoms with Crippen molar-refractivity contribution >= 4 is 11.8 Å². The predicted octanol–water partition coefficient (Wildman–Crippen LogP) is 2.39. The molecule has 7 heteroatoms. The minimum absolute atomic E-state index is 0.00111. The van der Waals surface area contributed by atoms with Crippen LogP contribution in [0.15, 0.2) is 12.1 Å². The van der Waals surface area contributed by atoms with Crippen LogP contribution in [0.25, 0.3) is 0 Å². The van der Waals surface area contributed by atoms with Crippen molar-refractivity contribution in [3.05, 3.63) is 23.3 Å². The van der Waals surface area contributed by atoms with Crippen molar-refractivity contribution in [2.75, 3.05) is 26.7 Å². The molecule has 35 heavy (non-hydrogen) atoms. The summed E-state index contributed by atoms with van der Waals surface area (Å²) in [7, 11) is 1.74.